The number of carboxylic acids is 1. The maximum Gasteiger partial charge on any atom is 0.323 e. The topological polar surface area (TPSA) is 146 Å². The highest BCUT2D eigenvalue weighted by Crippen LogP contribution is 2.49. The largest absolute Gasteiger partial charge is 0.543 e. The lowest BCUT2D eigenvalue weighted by Crippen LogP contribution is -2.71. The van der Waals surface area contributed by atoms with Crippen molar-refractivity contribution in [2.75, 3.05) is 19.1 Å². The van der Waals surface area contributed by atoms with Crippen LogP contribution in [0.15, 0.2) is 59.4 Å². The number of nitrogens with zero attached hydrogens (tertiary/aromatic N) is 2. The van der Waals surface area contributed by atoms with Gasteiger partial charge in [-0.15, -0.1) is 23.1 Å². The van der Waals surface area contributed by atoms with Crippen LogP contribution in [0.5, 0.6) is 0 Å². The molecule has 1 fully saturated rings. The lowest BCUT2D eigenvalue weighted by Gasteiger charge is -2.50. The number of aliphatic carboxylic acids is 1. The Kier molecular flexibility index (Phi) is 9.56. The van der Waals surface area contributed by atoms with Crippen LogP contribution in [0.1, 0.15) is 4.88 Å². The second-order valence-electron chi connectivity index (χ2n) is 7.40. The van der Waals surface area contributed by atoms with E-state index >= 15 is 0 Å². The van der Waals surface area contributed by atoms with Crippen molar-refractivity contribution < 1.29 is 33.1 Å². The molecule has 0 bridgehead atoms. The number of β-lactam (4-membered cyclic amide) rings is 1. The summed E-state index contributed by atoms with van der Waals surface area (Å²) in [5, 5.41) is 16.0. The van der Waals surface area contributed by atoms with E-state index < -0.39 is 30.0 Å². The van der Waals surface area contributed by atoms with Gasteiger partial charge in [0.2, 0.25) is 5.91 Å². The van der Waals surface area contributed by atoms with Gasteiger partial charge in [0.1, 0.15) is 11.4 Å². The Morgan fingerprint density at radius 1 is 1.34 bits per heavy atom. The molecular weight excluding hydrogens is 531 g/mol. The van der Waals surface area contributed by atoms with Crippen molar-refractivity contribution in [3.8, 4) is 0 Å². The molecule has 4 rings (SSSR count). The fourth-order valence-electron chi connectivity index (χ4n) is 3.42. The number of thioether (sulfide) groups is 1. The summed E-state index contributed by atoms with van der Waals surface area (Å²) in [5.74, 6) is -1.57. The smallest absolute Gasteiger partial charge is 0.323 e. The van der Waals surface area contributed by atoms with Crippen LogP contribution in [-0.2, 0) is 36.4 Å². The second-order valence-corrected chi connectivity index (χ2v) is 14.0. The zero-order valence-corrected chi connectivity index (χ0v) is 22.3. The first-order valence-corrected chi connectivity index (χ1v) is 15.8. The minimum atomic E-state index is -2.74. The Hall–Kier alpha value is -2.15. The molecule has 1 unspecified atom stereocenters. The van der Waals surface area contributed by atoms with Crippen molar-refractivity contribution in [2.45, 2.75) is 24.4 Å². The van der Waals surface area contributed by atoms with Crippen molar-refractivity contribution in [3.63, 3.8) is 0 Å². The van der Waals surface area contributed by atoms with E-state index in [9.17, 15) is 24.1 Å². The van der Waals surface area contributed by atoms with Gasteiger partial charge in [-0.25, -0.2) is 4.57 Å². The Balaban J connectivity index is 0.000000429. The van der Waals surface area contributed by atoms with Gasteiger partial charge in [-0.1, -0.05) is 23.5 Å². The summed E-state index contributed by atoms with van der Waals surface area (Å²) in [6.45, 7) is -2.37. The number of pyridine rings is 1. The molecule has 2 amide bonds. The first kappa shape index (κ1) is 27.4. The SMILES string of the molecule is COP(N)(=O)SC.O=C(Cc1cccs1)N[C@@H]1C(=O)N2C(C(=O)[O-])=C(C[n+]3ccccc3)CS[C@H]12. The van der Waals surface area contributed by atoms with E-state index in [1.54, 1.807) is 6.26 Å². The van der Waals surface area contributed by atoms with E-state index in [0.717, 1.165) is 16.3 Å². The van der Waals surface area contributed by atoms with Gasteiger partial charge in [0, 0.05) is 35.4 Å². The van der Waals surface area contributed by atoms with Gasteiger partial charge in [0.15, 0.2) is 18.9 Å². The number of carboxylic acid groups (broad SMARTS) is 1. The van der Waals surface area contributed by atoms with Gasteiger partial charge in [0.05, 0.1) is 18.1 Å². The number of nitrogens with one attached hydrogen (secondary N) is 1. The molecule has 3 atom stereocenters. The fraction of sp³-hybridized carbons (Fsp3) is 0.333. The Bertz CT molecular complexity index is 1140. The third kappa shape index (κ3) is 6.96. The number of fused-ring (bicyclic) bond motifs is 1. The molecule has 2 aromatic heterocycles. The van der Waals surface area contributed by atoms with Crippen LogP contribution >= 0.6 is 41.2 Å². The number of carbonyl (C=O) groups excluding carboxylic acids is 3. The van der Waals surface area contributed by atoms with Crippen molar-refractivity contribution in [1.29, 1.82) is 0 Å². The summed E-state index contributed by atoms with van der Waals surface area (Å²) in [5.41, 5.74) is 5.56. The number of carbonyl (C=O) groups is 3. The molecular formula is C21H25N4O6PS3. The molecule has 35 heavy (non-hydrogen) atoms. The van der Waals surface area contributed by atoms with Crippen LogP contribution in [0.25, 0.3) is 0 Å². The normalized spacial score (nSPS) is 20.7. The predicted octanol–water partition coefficient (Wildman–Crippen LogP) is 0.745. The molecule has 188 valence electrons. The number of nitrogens with two attached hydrogens (primary N) is 1. The van der Waals surface area contributed by atoms with Gasteiger partial charge in [0.25, 0.3) is 5.91 Å². The molecule has 2 aliphatic rings. The average Bonchev–Trinajstić information content (AvgIpc) is 3.36. The summed E-state index contributed by atoms with van der Waals surface area (Å²) in [6, 6.07) is 8.59. The Morgan fingerprint density at radius 2 is 2.06 bits per heavy atom. The third-order valence-electron chi connectivity index (χ3n) is 5.13. The summed E-state index contributed by atoms with van der Waals surface area (Å²) >= 11 is 3.97. The molecule has 4 heterocycles. The minimum Gasteiger partial charge on any atom is -0.543 e. The van der Waals surface area contributed by atoms with Gasteiger partial charge < -0.3 is 19.7 Å². The highest BCUT2D eigenvalue weighted by atomic mass is 32.7. The number of aromatic nitrogens is 1. The monoisotopic (exact) mass is 556 g/mol. The van der Waals surface area contributed by atoms with E-state index in [0.29, 0.717) is 17.9 Å². The molecule has 2 aliphatic heterocycles. The van der Waals surface area contributed by atoms with E-state index in [1.165, 1.54) is 35.1 Å². The Labute approximate surface area is 215 Å². The van der Waals surface area contributed by atoms with Crippen molar-refractivity contribution in [1.82, 2.24) is 10.2 Å². The van der Waals surface area contributed by atoms with E-state index in [-0.39, 0.29) is 18.0 Å². The zero-order chi connectivity index (χ0) is 25.6. The van der Waals surface area contributed by atoms with E-state index in [2.05, 4.69) is 9.84 Å². The lowest BCUT2D eigenvalue weighted by atomic mass is 10.0. The highest BCUT2D eigenvalue weighted by molar-refractivity contribution is 8.55. The summed E-state index contributed by atoms with van der Waals surface area (Å²) in [6.07, 6.45) is 5.52. The predicted molar refractivity (Wildman–Crippen MR) is 134 cm³/mol. The fourth-order valence-corrected chi connectivity index (χ4v) is 6.06. The third-order valence-corrected chi connectivity index (χ3v) is 10.3. The number of hydrogen-bond donors (Lipinski definition) is 2. The van der Waals surface area contributed by atoms with Crippen LogP contribution < -0.4 is 20.5 Å². The number of thiophene rings is 1. The Morgan fingerprint density at radius 3 is 2.60 bits per heavy atom. The van der Waals surface area contributed by atoms with Crippen molar-refractivity contribution >= 4 is 59.0 Å². The second kappa shape index (κ2) is 12.2. The molecule has 0 aromatic carbocycles. The van der Waals surface area contributed by atoms with Gasteiger partial charge in [-0.3, -0.25) is 24.6 Å². The quantitative estimate of drug-likeness (QED) is 0.273. The first-order chi connectivity index (χ1) is 16.7. The number of rotatable bonds is 8. The molecule has 1 saturated heterocycles. The zero-order valence-electron chi connectivity index (χ0n) is 19.0. The van der Waals surface area contributed by atoms with Crippen LogP contribution in [0, 0.1) is 0 Å². The molecule has 14 heteroatoms. The number of amides is 2. The first-order valence-electron chi connectivity index (χ1n) is 10.3. The van der Waals surface area contributed by atoms with Crippen molar-refractivity contribution in [3.05, 3.63) is 64.3 Å². The van der Waals surface area contributed by atoms with Gasteiger partial charge in [-0.05, 0) is 17.7 Å². The molecule has 3 N–H and O–H groups in total. The molecule has 0 radical (unpaired) electrons. The van der Waals surface area contributed by atoms with Crippen LogP contribution in [0.3, 0.4) is 0 Å². The molecule has 0 aliphatic carbocycles. The van der Waals surface area contributed by atoms with Crippen molar-refractivity contribution in [2.24, 2.45) is 5.50 Å². The van der Waals surface area contributed by atoms with Crippen LogP contribution in [0.2, 0.25) is 0 Å². The summed E-state index contributed by atoms with van der Waals surface area (Å²) < 4.78 is 16.7. The average molecular weight is 557 g/mol. The standard InChI is InChI=1S/C19H17N3O4S2.C2H8NO2PS/c23-14(9-13-5-4-8-27-13)20-15-17(24)22-16(19(25)26)12(11-28-18(15)22)10-21-6-2-1-3-7-21;1-5-6(3,4)7-2/h1-8,15,18H,9-11H2,(H-,20,23,25,26);1-2H3,(H2,3,4)/t15-,18-;/m1./s1. The van der Waals surface area contributed by atoms with E-state index in [4.69, 9.17) is 5.50 Å². The summed E-state index contributed by atoms with van der Waals surface area (Å²) in [7, 11) is 1.33. The van der Waals surface area contributed by atoms with Crippen LogP contribution in [-0.4, -0.2) is 53.2 Å². The molecule has 0 spiro atoms. The molecule has 2 aromatic rings. The molecule has 0 saturated carbocycles. The highest BCUT2D eigenvalue weighted by Gasteiger charge is 2.53. The maximum absolute atomic E-state index is 12.6. The van der Waals surface area contributed by atoms with E-state index in [1.807, 2.05) is 52.7 Å². The van der Waals surface area contributed by atoms with Gasteiger partial charge in [-0.2, -0.15) is 0 Å². The van der Waals surface area contributed by atoms with Gasteiger partial charge >= 0.3 is 6.72 Å². The summed E-state index contributed by atoms with van der Waals surface area (Å²) in [4.78, 5) is 38.8. The molecule has 10 nitrogen and oxygen atoms in total. The maximum atomic E-state index is 12.6. The van der Waals surface area contributed by atoms with Crippen LogP contribution in [0.4, 0.5) is 0 Å². The lowest BCUT2D eigenvalue weighted by molar-refractivity contribution is -0.689. The number of hydrogen-bond acceptors (Lipinski definition) is 9. The minimum absolute atomic E-state index is 0.0751.